The number of phenolic OH excluding ortho intramolecular Hbond substituents is 1. The van der Waals surface area contributed by atoms with Crippen molar-refractivity contribution in [3.63, 3.8) is 0 Å². The molecule has 0 bridgehead atoms. The zero-order valence-corrected chi connectivity index (χ0v) is 14.8. The van der Waals surface area contributed by atoms with Gasteiger partial charge in [-0.1, -0.05) is 18.2 Å². The Morgan fingerprint density at radius 1 is 1.07 bits per heavy atom. The summed E-state index contributed by atoms with van der Waals surface area (Å²) in [5.41, 5.74) is 1.10. The number of esters is 1. The van der Waals surface area contributed by atoms with Crippen LogP contribution in [0, 0.1) is 0 Å². The summed E-state index contributed by atoms with van der Waals surface area (Å²) < 4.78 is 11.0. The molecule has 1 aliphatic heterocycles. The number of hydrogen-bond acceptors (Lipinski definition) is 6. The quantitative estimate of drug-likeness (QED) is 0.410. The van der Waals surface area contributed by atoms with Crippen molar-refractivity contribution in [1.82, 2.24) is 0 Å². The number of cyclic esters (lactones) is 1. The van der Waals surface area contributed by atoms with E-state index in [-0.39, 0.29) is 11.3 Å². The Bertz CT molecular complexity index is 1160. The van der Waals surface area contributed by atoms with Crippen molar-refractivity contribution in [3.8, 4) is 5.75 Å². The first kappa shape index (κ1) is 16.9. The molecule has 27 heavy (non-hydrogen) atoms. The van der Waals surface area contributed by atoms with Crippen LogP contribution in [0.15, 0.2) is 63.9 Å². The number of carbonyl (C=O) groups excluding carboxylic acids is 1. The summed E-state index contributed by atoms with van der Waals surface area (Å²) in [4.78, 5) is 24.5. The minimum absolute atomic E-state index is 0.0996. The van der Waals surface area contributed by atoms with Gasteiger partial charge in [-0.15, -0.1) is 0 Å². The van der Waals surface area contributed by atoms with Crippen LogP contribution in [-0.4, -0.2) is 11.1 Å². The maximum Gasteiger partial charge on any atom is 0.341 e. The number of phenols is 1. The van der Waals surface area contributed by atoms with Crippen LogP contribution in [0.1, 0.15) is 25.0 Å². The van der Waals surface area contributed by atoms with Crippen LogP contribution >= 0.6 is 0 Å². The molecule has 0 saturated heterocycles. The number of hydrogen-bond donors (Lipinski definition) is 2. The molecule has 2 aromatic carbocycles. The Morgan fingerprint density at radius 3 is 2.63 bits per heavy atom. The van der Waals surface area contributed by atoms with Crippen LogP contribution < -0.4 is 10.9 Å². The molecule has 2 N–H and O–H groups in total. The van der Waals surface area contributed by atoms with Crippen molar-refractivity contribution < 1.29 is 19.1 Å². The van der Waals surface area contributed by atoms with Gasteiger partial charge in [0.1, 0.15) is 16.9 Å². The standard InChI is InChI=1S/C21H17NO5/c1-21(2)16-8-6-12-7-9-17(24)26-19(12)18(16)15(20(25)27-21)11-22-13-4-3-5-14(23)10-13/h3-11,22-23H,1-2H3. The van der Waals surface area contributed by atoms with Gasteiger partial charge in [0.2, 0.25) is 0 Å². The lowest BCUT2D eigenvalue weighted by molar-refractivity contribution is -0.151. The minimum atomic E-state index is -0.864. The average Bonchev–Trinajstić information content (AvgIpc) is 2.60. The van der Waals surface area contributed by atoms with Crippen molar-refractivity contribution in [1.29, 1.82) is 0 Å². The van der Waals surface area contributed by atoms with Gasteiger partial charge >= 0.3 is 11.6 Å². The molecule has 0 radical (unpaired) electrons. The predicted molar refractivity (Wildman–Crippen MR) is 101 cm³/mol. The fourth-order valence-electron chi connectivity index (χ4n) is 3.23. The van der Waals surface area contributed by atoms with E-state index in [2.05, 4.69) is 5.32 Å². The number of aromatic hydroxyl groups is 1. The summed E-state index contributed by atoms with van der Waals surface area (Å²) in [5, 5.41) is 13.3. The fraction of sp³-hybridized carbons (Fsp3) is 0.143. The normalized spacial score (nSPS) is 16.8. The van der Waals surface area contributed by atoms with Crippen LogP contribution in [0.2, 0.25) is 0 Å². The smallest absolute Gasteiger partial charge is 0.341 e. The van der Waals surface area contributed by atoms with Gasteiger partial charge in [0.05, 0.1) is 5.57 Å². The van der Waals surface area contributed by atoms with E-state index in [1.54, 1.807) is 38.1 Å². The van der Waals surface area contributed by atoms with Crippen LogP contribution in [0.25, 0.3) is 16.5 Å². The van der Waals surface area contributed by atoms with Crippen molar-refractivity contribution >= 4 is 28.2 Å². The Morgan fingerprint density at radius 2 is 1.85 bits per heavy atom. The maximum absolute atomic E-state index is 12.7. The zero-order chi connectivity index (χ0) is 19.2. The Kier molecular flexibility index (Phi) is 3.77. The van der Waals surface area contributed by atoms with E-state index in [9.17, 15) is 14.7 Å². The molecule has 136 valence electrons. The molecule has 0 fully saturated rings. The molecule has 2 heterocycles. The third-order valence-electron chi connectivity index (χ3n) is 4.50. The van der Waals surface area contributed by atoms with Crippen LogP contribution in [0.4, 0.5) is 5.69 Å². The van der Waals surface area contributed by atoms with Gasteiger partial charge in [-0.25, -0.2) is 9.59 Å². The van der Waals surface area contributed by atoms with E-state index in [0.29, 0.717) is 22.2 Å². The lowest BCUT2D eigenvalue weighted by Gasteiger charge is -2.33. The van der Waals surface area contributed by atoms with Gasteiger partial charge in [-0.3, -0.25) is 0 Å². The number of benzene rings is 2. The molecule has 1 aromatic heterocycles. The van der Waals surface area contributed by atoms with Gasteiger partial charge in [-0.05, 0) is 32.0 Å². The number of ether oxygens (including phenoxy) is 1. The topological polar surface area (TPSA) is 88.8 Å². The van der Waals surface area contributed by atoms with Gasteiger partial charge in [0.25, 0.3) is 0 Å². The van der Waals surface area contributed by atoms with Gasteiger partial charge in [-0.2, -0.15) is 0 Å². The Hall–Kier alpha value is -3.54. The van der Waals surface area contributed by atoms with Crippen LogP contribution in [0.3, 0.4) is 0 Å². The second kappa shape index (κ2) is 6.02. The van der Waals surface area contributed by atoms with E-state index in [0.717, 1.165) is 5.56 Å². The Labute approximate surface area is 154 Å². The van der Waals surface area contributed by atoms with Gasteiger partial charge in [0, 0.05) is 40.5 Å². The number of carbonyl (C=O) groups is 1. The maximum atomic E-state index is 12.7. The molecule has 3 aromatic rings. The van der Waals surface area contributed by atoms with Crippen molar-refractivity contribution in [2.75, 3.05) is 5.32 Å². The largest absolute Gasteiger partial charge is 0.508 e. The molecular formula is C21H17NO5. The van der Waals surface area contributed by atoms with E-state index < -0.39 is 17.2 Å². The second-order valence-corrected chi connectivity index (χ2v) is 6.81. The van der Waals surface area contributed by atoms with Crippen molar-refractivity contribution in [3.05, 3.63) is 76.3 Å². The monoisotopic (exact) mass is 363 g/mol. The molecule has 6 heteroatoms. The average molecular weight is 363 g/mol. The molecule has 4 rings (SSSR count). The first-order valence-electron chi connectivity index (χ1n) is 8.42. The highest BCUT2D eigenvalue weighted by atomic mass is 16.6. The lowest BCUT2D eigenvalue weighted by atomic mass is 9.85. The molecule has 0 amide bonds. The highest BCUT2D eigenvalue weighted by Crippen LogP contribution is 2.41. The molecule has 6 nitrogen and oxygen atoms in total. The van der Waals surface area contributed by atoms with Crippen molar-refractivity contribution in [2.24, 2.45) is 0 Å². The molecule has 0 aliphatic carbocycles. The van der Waals surface area contributed by atoms with Gasteiger partial charge < -0.3 is 19.6 Å². The first-order valence-corrected chi connectivity index (χ1v) is 8.42. The van der Waals surface area contributed by atoms with E-state index in [1.807, 2.05) is 12.1 Å². The summed E-state index contributed by atoms with van der Waals surface area (Å²) >= 11 is 0. The first-order chi connectivity index (χ1) is 12.8. The van der Waals surface area contributed by atoms with Crippen LogP contribution in [-0.2, 0) is 15.1 Å². The number of fused-ring (bicyclic) bond motifs is 3. The number of nitrogens with one attached hydrogen (secondary N) is 1. The van der Waals surface area contributed by atoms with E-state index in [1.165, 1.54) is 18.3 Å². The summed E-state index contributed by atoms with van der Waals surface area (Å²) in [6.07, 6.45) is 1.50. The molecule has 0 unspecified atom stereocenters. The number of rotatable bonds is 2. The molecule has 1 aliphatic rings. The van der Waals surface area contributed by atoms with Crippen molar-refractivity contribution in [2.45, 2.75) is 19.4 Å². The fourth-order valence-corrected chi connectivity index (χ4v) is 3.23. The SMILES string of the molecule is CC1(C)OC(=O)C(=CNc2cccc(O)c2)c2c1ccc1ccc(=O)oc21. The predicted octanol–water partition coefficient (Wildman–Crippen LogP) is 3.74. The molecule has 0 spiro atoms. The molecule has 0 atom stereocenters. The third-order valence-corrected chi connectivity index (χ3v) is 4.50. The highest BCUT2D eigenvalue weighted by molar-refractivity contribution is 6.21. The zero-order valence-electron chi connectivity index (χ0n) is 14.8. The lowest BCUT2D eigenvalue weighted by Crippen LogP contribution is -2.32. The van der Waals surface area contributed by atoms with E-state index >= 15 is 0 Å². The van der Waals surface area contributed by atoms with E-state index in [4.69, 9.17) is 9.15 Å². The molecule has 0 saturated carbocycles. The number of anilines is 1. The van der Waals surface area contributed by atoms with Crippen LogP contribution in [0.5, 0.6) is 5.75 Å². The van der Waals surface area contributed by atoms with Gasteiger partial charge in [0.15, 0.2) is 0 Å². The minimum Gasteiger partial charge on any atom is -0.508 e. The third kappa shape index (κ3) is 2.95. The summed E-state index contributed by atoms with van der Waals surface area (Å²) in [6, 6.07) is 13.2. The Balaban J connectivity index is 1.93. The summed E-state index contributed by atoms with van der Waals surface area (Å²) in [7, 11) is 0. The summed E-state index contributed by atoms with van der Waals surface area (Å²) in [5.74, 6) is -0.429. The second-order valence-electron chi connectivity index (χ2n) is 6.81. The molecular weight excluding hydrogens is 346 g/mol. The highest BCUT2D eigenvalue weighted by Gasteiger charge is 2.38. The summed E-state index contributed by atoms with van der Waals surface area (Å²) in [6.45, 7) is 3.58.